The third-order valence-electron chi connectivity index (χ3n) is 5.02. The molecular weight excluding hydrogens is 338 g/mol. The second-order valence-corrected chi connectivity index (χ2v) is 7.41. The number of hydrogen-bond acceptors (Lipinski definition) is 3. The average Bonchev–Trinajstić information content (AvgIpc) is 3.06. The third-order valence-corrected chi connectivity index (χ3v) is 5.02. The Hall–Kier alpha value is -2.05. The Bertz CT molecular complexity index is 731. The summed E-state index contributed by atoms with van der Waals surface area (Å²) in [6.07, 6.45) is 4.84. The number of aliphatic imine (C=N–C) groups is 1. The fraction of sp³-hybridized carbons (Fsp3) is 0.571. The van der Waals surface area contributed by atoms with E-state index < -0.39 is 0 Å². The number of ether oxygens (including phenoxy) is 1. The Morgan fingerprint density at radius 2 is 1.93 bits per heavy atom. The van der Waals surface area contributed by atoms with Crippen LogP contribution in [0.25, 0.3) is 10.9 Å². The molecule has 0 radical (unpaired) electrons. The minimum Gasteiger partial charge on any atom is -0.373 e. The zero-order valence-electron chi connectivity index (χ0n) is 16.8. The Morgan fingerprint density at radius 1 is 1.19 bits per heavy atom. The number of guanidine groups is 1. The Morgan fingerprint density at radius 3 is 2.70 bits per heavy atom. The lowest BCUT2D eigenvalue weighted by Crippen LogP contribution is -2.46. The van der Waals surface area contributed by atoms with E-state index in [0.717, 1.165) is 51.5 Å². The molecule has 0 aliphatic carbocycles. The molecule has 148 valence electrons. The van der Waals surface area contributed by atoms with E-state index in [1.54, 1.807) is 0 Å². The van der Waals surface area contributed by atoms with Crippen molar-refractivity contribution in [3.05, 3.63) is 36.0 Å². The minimum absolute atomic E-state index is 0.334. The zero-order valence-corrected chi connectivity index (χ0v) is 16.8. The van der Waals surface area contributed by atoms with Crippen LogP contribution in [-0.2, 0) is 11.2 Å². The van der Waals surface area contributed by atoms with Crippen LogP contribution in [0.15, 0.2) is 35.5 Å². The lowest BCUT2D eigenvalue weighted by Gasteiger charge is -2.35. The van der Waals surface area contributed by atoms with Crippen molar-refractivity contribution in [2.75, 3.05) is 39.8 Å². The van der Waals surface area contributed by atoms with Gasteiger partial charge in [-0.25, -0.2) is 0 Å². The number of hydrogen-bond donors (Lipinski definition) is 3. The van der Waals surface area contributed by atoms with Gasteiger partial charge in [0.05, 0.1) is 12.2 Å². The second-order valence-electron chi connectivity index (χ2n) is 7.41. The fourth-order valence-corrected chi connectivity index (χ4v) is 3.85. The van der Waals surface area contributed by atoms with Crippen LogP contribution >= 0.6 is 0 Å². The molecule has 1 aromatic carbocycles. The molecule has 1 aromatic heterocycles. The summed E-state index contributed by atoms with van der Waals surface area (Å²) in [7, 11) is 1.83. The molecule has 0 saturated carbocycles. The summed E-state index contributed by atoms with van der Waals surface area (Å²) in [4.78, 5) is 10.2. The topological polar surface area (TPSA) is 64.7 Å². The first-order chi connectivity index (χ1) is 13.2. The maximum Gasteiger partial charge on any atom is 0.190 e. The first-order valence-electron chi connectivity index (χ1n) is 10.0. The number of rotatable bonds is 7. The molecule has 2 heterocycles. The molecule has 2 atom stereocenters. The molecular formula is C21H33N5O. The predicted molar refractivity (Wildman–Crippen MR) is 112 cm³/mol. The third kappa shape index (κ3) is 5.71. The summed E-state index contributed by atoms with van der Waals surface area (Å²) >= 11 is 0. The van der Waals surface area contributed by atoms with Crippen LogP contribution < -0.4 is 10.6 Å². The van der Waals surface area contributed by atoms with Gasteiger partial charge >= 0.3 is 0 Å². The highest BCUT2D eigenvalue weighted by Crippen LogP contribution is 2.17. The van der Waals surface area contributed by atoms with Crippen molar-refractivity contribution in [3.8, 4) is 0 Å². The van der Waals surface area contributed by atoms with Gasteiger partial charge in [0.2, 0.25) is 0 Å². The van der Waals surface area contributed by atoms with Gasteiger partial charge in [0.15, 0.2) is 5.96 Å². The standard InChI is InChI=1S/C21H33N5O/c1-16-14-26(15-17(2)27-16)12-6-10-23-21(22-3)24-11-9-18-13-25-20-8-5-4-7-19(18)20/h4-5,7-8,13,16-17,25H,6,9-12,14-15H2,1-3H3,(H2,22,23,24). The lowest BCUT2D eigenvalue weighted by atomic mass is 10.1. The molecule has 0 amide bonds. The second kappa shape index (κ2) is 9.76. The van der Waals surface area contributed by atoms with Crippen LogP contribution in [0.3, 0.4) is 0 Å². The van der Waals surface area contributed by atoms with Crippen molar-refractivity contribution in [1.82, 2.24) is 20.5 Å². The maximum absolute atomic E-state index is 5.79. The van der Waals surface area contributed by atoms with Crippen LogP contribution in [0.4, 0.5) is 0 Å². The summed E-state index contributed by atoms with van der Waals surface area (Å²) < 4.78 is 5.79. The van der Waals surface area contributed by atoms with Crippen LogP contribution in [0, 0.1) is 0 Å². The predicted octanol–water partition coefficient (Wildman–Crippen LogP) is 2.37. The normalized spacial score (nSPS) is 21.5. The van der Waals surface area contributed by atoms with Crippen molar-refractivity contribution >= 4 is 16.9 Å². The molecule has 6 heteroatoms. The number of nitrogens with one attached hydrogen (secondary N) is 3. The number of benzene rings is 1. The monoisotopic (exact) mass is 371 g/mol. The van der Waals surface area contributed by atoms with Crippen molar-refractivity contribution in [1.29, 1.82) is 0 Å². The van der Waals surface area contributed by atoms with Crippen LogP contribution in [-0.4, -0.2) is 67.8 Å². The van der Waals surface area contributed by atoms with E-state index in [1.165, 1.54) is 16.5 Å². The molecule has 3 rings (SSSR count). The smallest absolute Gasteiger partial charge is 0.190 e. The van der Waals surface area contributed by atoms with Gasteiger partial charge in [0, 0.05) is 56.9 Å². The van der Waals surface area contributed by atoms with Gasteiger partial charge in [-0.15, -0.1) is 0 Å². The van der Waals surface area contributed by atoms with Gasteiger partial charge in [-0.3, -0.25) is 9.89 Å². The molecule has 1 saturated heterocycles. The molecule has 27 heavy (non-hydrogen) atoms. The van der Waals surface area contributed by atoms with Gasteiger partial charge in [-0.2, -0.15) is 0 Å². The number of fused-ring (bicyclic) bond motifs is 1. The Balaban J connectivity index is 1.35. The van der Waals surface area contributed by atoms with E-state index >= 15 is 0 Å². The van der Waals surface area contributed by atoms with Crippen molar-refractivity contribution in [3.63, 3.8) is 0 Å². The summed E-state index contributed by atoms with van der Waals surface area (Å²) in [5.74, 6) is 0.874. The Labute approximate surface area is 162 Å². The number of aromatic nitrogens is 1. The molecule has 1 fully saturated rings. The van der Waals surface area contributed by atoms with E-state index in [-0.39, 0.29) is 0 Å². The average molecular weight is 372 g/mol. The van der Waals surface area contributed by atoms with E-state index in [1.807, 2.05) is 7.05 Å². The summed E-state index contributed by atoms with van der Waals surface area (Å²) in [6.45, 7) is 9.24. The number of para-hydroxylation sites is 1. The molecule has 2 unspecified atom stereocenters. The van der Waals surface area contributed by atoms with Crippen LogP contribution in [0.5, 0.6) is 0 Å². The van der Waals surface area contributed by atoms with Crippen LogP contribution in [0.2, 0.25) is 0 Å². The highest BCUT2D eigenvalue weighted by atomic mass is 16.5. The molecule has 3 N–H and O–H groups in total. The quantitative estimate of drug-likeness (QED) is 0.397. The van der Waals surface area contributed by atoms with E-state index in [2.05, 4.69) is 69.8 Å². The van der Waals surface area contributed by atoms with Gasteiger partial charge < -0.3 is 20.4 Å². The first kappa shape index (κ1) is 19.7. The molecule has 1 aliphatic rings. The van der Waals surface area contributed by atoms with Crippen molar-refractivity contribution < 1.29 is 4.74 Å². The van der Waals surface area contributed by atoms with Gasteiger partial charge in [-0.1, -0.05) is 18.2 Å². The fourth-order valence-electron chi connectivity index (χ4n) is 3.85. The van der Waals surface area contributed by atoms with E-state index in [0.29, 0.717) is 12.2 Å². The Kier molecular flexibility index (Phi) is 7.12. The number of morpholine rings is 1. The molecule has 1 aliphatic heterocycles. The van der Waals surface area contributed by atoms with E-state index in [4.69, 9.17) is 4.74 Å². The summed E-state index contributed by atoms with van der Waals surface area (Å²) in [6, 6.07) is 8.43. The molecule has 2 aromatic rings. The van der Waals surface area contributed by atoms with Crippen molar-refractivity contribution in [2.45, 2.75) is 38.9 Å². The molecule has 0 bridgehead atoms. The highest BCUT2D eigenvalue weighted by molar-refractivity contribution is 5.83. The zero-order chi connectivity index (χ0) is 19.1. The van der Waals surface area contributed by atoms with Crippen molar-refractivity contribution in [2.24, 2.45) is 4.99 Å². The number of H-pyrrole nitrogens is 1. The lowest BCUT2D eigenvalue weighted by molar-refractivity contribution is -0.0679. The highest BCUT2D eigenvalue weighted by Gasteiger charge is 2.21. The SMILES string of the molecule is CN=C(NCCCN1CC(C)OC(C)C1)NCCc1c[nH]c2ccccc12. The molecule has 6 nitrogen and oxygen atoms in total. The number of aromatic amines is 1. The van der Waals surface area contributed by atoms with Gasteiger partial charge in [0.25, 0.3) is 0 Å². The van der Waals surface area contributed by atoms with Gasteiger partial charge in [-0.05, 0) is 38.3 Å². The van der Waals surface area contributed by atoms with Gasteiger partial charge in [0.1, 0.15) is 0 Å². The number of nitrogens with zero attached hydrogens (tertiary/aromatic N) is 2. The van der Waals surface area contributed by atoms with E-state index in [9.17, 15) is 0 Å². The summed E-state index contributed by atoms with van der Waals surface area (Å²) in [5.41, 5.74) is 2.53. The minimum atomic E-state index is 0.334. The molecule has 0 spiro atoms. The maximum atomic E-state index is 5.79. The largest absolute Gasteiger partial charge is 0.373 e. The first-order valence-corrected chi connectivity index (χ1v) is 10.0. The van der Waals surface area contributed by atoms with Crippen LogP contribution in [0.1, 0.15) is 25.8 Å². The summed E-state index contributed by atoms with van der Waals surface area (Å²) in [5, 5.41) is 8.14.